The Morgan fingerprint density at radius 2 is 2.18 bits per heavy atom. The standard InChI is InChI=1S/C8H16BrO2/c1-2-3-8(4-6-10)11-7-5-9/h8,10H,1-7H2. The van der Waals surface area contributed by atoms with Gasteiger partial charge in [0, 0.05) is 11.9 Å². The van der Waals surface area contributed by atoms with Crippen molar-refractivity contribution in [1.82, 2.24) is 0 Å². The first-order valence-electron chi connectivity index (χ1n) is 3.92. The Labute approximate surface area is 77.1 Å². The lowest BCUT2D eigenvalue weighted by atomic mass is 10.1. The van der Waals surface area contributed by atoms with Gasteiger partial charge in [0.05, 0.1) is 12.7 Å². The van der Waals surface area contributed by atoms with Gasteiger partial charge in [-0.1, -0.05) is 29.3 Å². The Bertz CT molecular complexity index is 72.5. The number of hydrogen-bond acceptors (Lipinski definition) is 2. The molecule has 0 fully saturated rings. The molecule has 0 spiro atoms. The van der Waals surface area contributed by atoms with Crippen molar-refractivity contribution in [1.29, 1.82) is 0 Å². The van der Waals surface area contributed by atoms with E-state index in [-0.39, 0.29) is 12.7 Å². The van der Waals surface area contributed by atoms with Crippen LogP contribution in [0.4, 0.5) is 0 Å². The van der Waals surface area contributed by atoms with Gasteiger partial charge in [0.25, 0.3) is 0 Å². The van der Waals surface area contributed by atoms with Gasteiger partial charge in [-0.15, -0.1) is 0 Å². The van der Waals surface area contributed by atoms with E-state index in [1.165, 1.54) is 0 Å². The minimum atomic E-state index is 0.190. The molecule has 0 saturated heterocycles. The van der Waals surface area contributed by atoms with Crippen molar-refractivity contribution in [2.45, 2.75) is 25.4 Å². The van der Waals surface area contributed by atoms with Crippen LogP contribution < -0.4 is 0 Å². The van der Waals surface area contributed by atoms with E-state index in [2.05, 4.69) is 22.9 Å². The topological polar surface area (TPSA) is 29.5 Å². The second-order valence-corrected chi connectivity index (χ2v) is 3.13. The van der Waals surface area contributed by atoms with E-state index in [9.17, 15) is 0 Å². The Morgan fingerprint density at radius 3 is 2.64 bits per heavy atom. The van der Waals surface area contributed by atoms with Gasteiger partial charge in [-0.3, -0.25) is 0 Å². The molecule has 0 heterocycles. The number of ether oxygens (including phenoxy) is 1. The molecule has 0 aliphatic heterocycles. The fraction of sp³-hybridized carbons (Fsp3) is 0.875. The first-order valence-corrected chi connectivity index (χ1v) is 5.05. The van der Waals surface area contributed by atoms with Crippen LogP contribution in [0.5, 0.6) is 0 Å². The summed E-state index contributed by atoms with van der Waals surface area (Å²) in [5, 5.41) is 9.50. The average molecular weight is 224 g/mol. The third-order valence-corrected chi connectivity index (χ3v) is 1.73. The minimum absolute atomic E-state index is 0.190. The predicted molar refractivity (Wildman–Crippen MR) is 49.8 cm³/mol. The molecule has 1 N–H and O–H groups in total. The van der Waals surface area contributed by atoms with Crippen molar-refractivity contribution in [2.75, 3.05) is 18.5 Å². The molecule has 0 bridgehead atoms. The number of alkyl halides is 1. The summed E-state index contributed by atoms with van der Waals surface area (Å²) in [6, 6.07) is 0. The Kier molecular flexibility index (Phi) is 8.81. The van der Waals surface area contributed by atoms with E-state index < -0.39 is 0 Å². The van der Waals surface area contributed by atoms with Gasteiger partial charge >= 0.3 is 0 Å². The number of aliphatic hydroxyl groups is 1. The molecule has 0 saturated carbocycles. The van der Waals surface area contributed by atoms with Crippen molar-refractivity contribution in [3.63, 3.8) is 0 Å². The minimum Gasteiger partial charge on any atom is -0.396 e. The SMILES string of the molecule is [CH2]CCC(CCO)OCCBr. The summed E-state index contributed by atoms with van der Waals surface area (Å²) in [7, 11) is 0. The molecule has 0 aliphatic carbocycles. The maximum Gasteiger partial charge on any atom is 0.0597 e. The van der Waals surface area contributed by atoms with Gasteiger partial charge in [-0.2, -0.15) is 0 Å². The van der Waals surface area contributed by atoms with Crippen LogP contribution in [0, 0.1) is 6.92 Å². The summed E-state index contributed by atoms with van der Waals surface area (Å²) < 4.78 is 5.43. The Hall–Kier alpha value is 0.400. The lowest BCUT2D eigenvalue weighted by Crippen LogP contribution is -2.15. The summed E-state index contributed by atoms with van der Waals surface area (Å²) >= 11 is 3.28. The van der Waals surface area contributed by atoms with E-state index in [4.69, 9.17) is 9.84 Å². The highest BCUT2D eigenvalue weighted by atomic mass is 79.9. The number of rotatable bonds is 7. The Balaban J connectivity index is 3.34. The maximum absolute atomic E-state index is 8.65. The molecule has 67 valence electrons. The van der Waals surface area contributed by atoms with Gasteiger partial charge in [0.15, 0.2) is 0 Å². The first-order chi connectivity index (χ1) is 5.35. The molecular weight excluding hydrogens is 208 g/mol. The molecule has 1 atom stereocenters. The number of halogens is 1. The van der Waals surface area contributed by atoms with Crippen molar-refractivity contribution in [3.8, 4) is 0 Å². The summed E-state index contributed by atoms with van der Waals surface area (Å²) in [5.41, 5.74) is 0. The maximum atomic E-state index is 8.65. The predicted octanol–water partition coefficient (Wildman–Crippen LogP) is 1.76. The molecule has 1 radical (unpaired) electrons. The normalized spacial score (nSPS) is 13.4. The van der Waals surface area contributed by atoms with Crippen LogP contribution in [0.2, 0.25) is 0 Å². The molecule has 2 nitrogen and oxygen atoms in total. The van der Waals surface area contributed by atoms with Crippen molar-refractivity contribution < 1.29 is 9.84 Å². The third kappa shape index (κ3) is 6.78. The van der Waals surface area contributed by atoms with Crippen LogP contribution in [-0.4, -0.2) is 29.8 Å². The fourth-order valence-electron chi connectivity index (χ4n) is 0.894. The van der Waals surface area contributed by atoms with E-state index in [0.717, 1.165) is 24.6 Å². The summed E-state index contributed by atoms with van der Waals surface area (Å²) in [5.74, 6) is 0. The molecule has 0 amide bonds. The highest BCUT2D eigenvalue weighted by Crippen LogP contribution is 2.06. The van der Waals surface area contributed by atoms with Crippen LogP contribution in [0.15, 0.2) is 0 Å². The molecule has 0 aromatic rings. The van der Waals surface area contributed by atoms with E-state index in [1.807, 2.05) is 0 Å². The quantitative estimate of drug-likeness (QED) is 0.667. The van der Waals surface area contributed by atoms with E-state index in [1.54, 1.807) is 0 Å². The second kappa shape index (κ2) is 8.50. The van der Waals surface area contributed by atoms with Gasteiger partial charge in [-0.05, 0) is 12.8 Å². The lowest BCUT2D eigenvalue weighted by Gasteiger charge is -2.14. The highest BCUT2D eigenvalue weighted by Gasteiger charge is 2.05. The smallest absolute Gasteiger partial charge is 0.0597 e. The van der Waals surface area contributed by atoms with Crippen LogP contribution >= 0.6 is 15.9 Å². The molecule has 11 heavy (non-hydrogen) atoms. The monoisotopic (exact) mass is 223 g/mol. The summed E-state index contributed by atoms with van der Waals surface area (Å²) in [4.78, 5) is 0. The summed E-state index contributed by atoms with van der Waals surface area (Å²) in [6.07, 6.45) is 2.72. The summed E-state index contributed by atoms with van der Waals surface area (Å²) in [6.45, 7) is 4.66. The highest BCUT2D eigenvalue weighted by molar-refractivity contribution is 9.09. The van der Waals surface area contributed by atoms with Crippen LogP contribution in [0.3, 0.4) is 0 Å². The van der Waals surface area contributed by atoms with Crippen molar-refractivity contribution in [3.05, 3.63) is 6.92 Å². The molecule has 1 unspecified atom stereocenters. The zero-order chi connectivity index (χ0) is 8.53. The zero-order valence-electron chi connectivity index (χ0n) is 6.76. The van der Waals surface area contributed by atoms with Gasteiger partial charge in [0.2, 0.25) is 0 Å². The van der Waals surface area contributed by atoms with Gasteiger partial charge in [0.1, 0.15) is 0 Å². The van der Waals surface area contributed by atoms with Crippen molar-refractivity contribution >= 4 is 15.9 Å². The molecule has 0 rings (SSSR count). The number of aliphatic hydroxyl groups excluding tert-OH is 1. The Morgan fingerprint density at radius 1 is 1.45 bits per heavy atom. The molecule has 3 heteroatoms. The fourth-order valence-corrected chi connectivity index (χ4v) is 1.08. The molecule has 0 aromatic heterocycles. The van der Waals surface area contributed by atoms with Crippen LogP contribution in [0.1, 0.15) is 19.3 Å². The van der Waals surface area contributed by atoms with Crippen LogP contribution in [-0.2, 0) is 4.74 Å². The average Bonchev–Trinajstić information content (AvgIpc) is 2.01. The van der Waals surface area contributed by atoms with Gasteiger partial charge < -0.3 is 9.84 Å². The lowest BCUT2D eigenvalue weighted by molar-refractivity contribution is 0.0410. The first kappa shape index (κ1) is 11.4. The number of hydrogen-bond donors (Lipinski definition) is 1. The molecule has 0 aliphatic rings. The third-order valence-electron chi connectivity index (χ3n) is 1.41. The van der Waals surface area contributed by atoms with E-state index >= 15 is 0 Å². The second-order valence-electron chi connectivity index (χ2n) is 2.34. The van der Waals surface area contributed by atoms with Crippen molar-refractivity contribution in [2.24, 2.45) is 0 Å². The van der Waals surface area contributed by atoms with Gasteiger partial charge in [-0.25, -0.2) is 0 Å². The molecule has 0 aromatic carbocycles. The zero-order valence-corrected chi connectivity index (χ0v) is 8.35. The largest absolute Gasteiger partial charge is 0.396 e. The molecular formula is C8H16BrO2. The van der Waals surface area contributed by atoms with E-state index in [0.29, 0.717) is 6.61 Å². The van der Waals surface area contributed by atoms with Crippen LogP contribution in [0.25, 0.3) is 0 Å².